The minimum absolute atomic E-state index is 0.431. The van der Waals surface area contributed by atoms with Crippen LogP contribution in [0.25, 0.3) is 0 Å². The minimum atomic E-state index is 0.431. The minimum Gasteiger partial charge on any atom is -0.310 e. The van der Waals surface area contributed by atoms with E-state index >= 15 is 0 Å². The summed E-state index contributed by atoms with van der Waals surface area (Å²) in [6.07, 6.45) is 7.54. The van der Waals surface area contributed by atoms with E-state index in [-0.39, 0.29) is 0 Å². The van der Waals surface area contributed by atoms with E-state index in [0.29, 0.717) is 12.3 Å². The molecule has 2 aliphatic carbocycles. The molecule has 0 aliphatic heterocycles. The number of ketones is 1. The maximum absolute atomic E-state index is 11.7. The molecule has 0 spiro atoms. The van der Waals surface area contributed by atoms with Crippen molar-refractivity contribution in [1.29, 1.82) is 0 Å². The Bertz CT molecular complexity index is 227. The van der Waals surface area contributed by atoms with Crippen molar-refractivity contribution in [3.63, 3.8) is 0 Å². The number of Topliss-reactive ketones (excluding diaryl/α,β-unsaturated/α-hetero) is 1. The zero-order valence-electron chi connectivity index (χ0n) is 9.80. The zero-order chi connectivity index (χ0) is 10.7. The monoisotopic (exact) mass is 209 g/mol. The molecule has 2 rings (SSSR count). The van der Waals surface area contributed by atoms with Crippen LogP contribution in [0.4, 0.5) is 0 Å². The quantitative estimate of drug-likeness (QED) is 0.680. The van der Waals surface area contributed by atoms with Crippen molar-refractivity contribution in [3.8, 4) is 0 Å². The highest BCUT2D eigenvalue weighted by atomic mass is 16.1. The van der Waals surface area contributed by atoms with Crippen LogP contribution in [0.3, 0.4) is 0 Å². The zero-order valence-corrected chi connectivity index (χ0v) is 9.80. The van der Waals surface area contributed by atoms with E-state index < -0.39 is 0 Å². The predicted molar refractivity (Wildman–Crippen MR) is 61.7 cm³/mol. The van der Waals surface area contributed by atoms with Crippen LogP contribution in [0.2, 0.25) is 0 Å². The molecule has 2 heteroatoms. The Morgan fingerprint density at radius 2 is 2.20 bits per heavy atom. The summed E-state index contributed by atoms with van der Waals surface area (Å²) in [5.41, 5.74) is 0. The summed E-state index contributed by atoms with van der Waals surface area (Å²) in [6, 6.07) is 0. The van der Waals surface area contributed by atoms with Crippen LogP contribution >= 0.6 is 0 Å². The van der Waals surface area contributed by atoms with Crippen LogP contribution < -0.4 is 5.32 Å². The Hall–Kier alpha value is -0.370. The molecule has 2 saturated carbocycles. The Labute approximate surface area is 92.8 Å². The lowest BCUT2D eigenvalue weighted by Gasteiger charge is -2.20. The molecule has 86 valence electrons. The summed E-state index contributed by atoms with van der Waals surface area (Å²) in [7, 11) is 0. The van der Waals surface area contributed by atoms with E-state index in [0.717, 1.165) is 37.1 Å². The van der Waals surface area contributed by atoms with Crippen molar-refractivity contribution in [2.45, 2.75) is 45.4 Å². The van der Waals surface area contributed by atoms with Gasteiger partial charge in [0, 0.05) is 6.42 Å². The lowest BCUT2D eigenvalue weighted by Crippen LogP contribution is -2.26. The fourth-order valence-corrected chi connectivity index (χ4v) is 3.40. The number of rotatable bonds is 6. The van der Waals surface area contributed by atoms with Crippen molar-refractivity contribution >= 4 is 5.78 Å². The molecule has 2 nitrogen and oxygen atoms in total. The summed E-state index contributed by atoms with van der Waals surface area (Å²) in [6.45, 7) is 3.71. The standard InChI is InChI=1S/C13H23NO/c1-2-5-14-9-13(15)8-12-7-10-3-4-11(12)6-10/h10-12,14H,2-9H2,1H3. The fourth-order valence-electron chi connectivity index (χ4n) is 3.40. The van der Waals surface area contributed by atoms with Gasteiger partial charge in [-0.15, -0.1) is 0 Å². The maximum atomic E-state index is 11.7. The van der Waals surface area contributed by atoms with Crippen molar-refractivity contribution in [2.24, 2.45) is 17.8 Å². The molecular formula is C13H23NO. The molecule has 2 fully saturated rings. The average molecular weight is 209 g/mol. The number of hydrogen-bond donors (Lipinski definition) is 1. The third-order valence-corrected chi connectivity index (χ3v) is 4.12. The Kier molecular flexibility index (Phi) is 3.79. The topological polar surface area (TPSA) is 29.1 Å². The van der Waals surface area contributed by atoms with E-state index in [2.05, 4.69) is 12.2 Å². The molecule has 0 amide bonds. The first-order chi connectivity index (χ1) is 7.29. The highest BCUT2D eigenvalue weighted by Gasteiger charge is 2.39. The van der Waals surface area contributed by atoms with Crippen molar-refractivity contribution < 1.29 is 4.79 Å². The molecule has 2 aliphatic rings. The molecule has 0 heterocycles. The summed E-state index contributed by atoms with van der Waals surface area (Å²) < 4.78 is 0. The SMILES string of the molecule is CCCNCC(=O)CC1CC2CCC1C2. The summed E-state index contributed by atoms with van der Waals surface area (Å²) in [5, 5.41) is 3.20. The molecule has 0 aromatic heterocycles. The van der Waals surface area contributed by atoms with Gasteiger partial charge in [0.25, 0.3) is 0 Å². The van der Waals surface area contributed by atoms with Crippen LogP contribution in [-0.4, -0.2) is 18.9 Å². The molecule has 2 bridgehead atoms. The van der Waals surface area contributed by atoms with Gasteiger partial charge >= 0.3 is 0 Å². The van der Waals surface area contributed by atoms with Gasteiger partial charge < -0.3 is 5.32 Å². The van der Waals surface area contributed by atoms with Crippen LogP contribution in [0.5, 0.6) is 0 Å². The molecule has 3 atom stereocenters. The molecule has 0 radical (unpaired) electrons. The molecule has 15 heavy (non-hydrogen) atoms. The van der Waals surface area contributed by atoms with Crippen molar-refractivity contribution in [1.82, 2.24) is 5.32 Å². The molecule has 0 aromatic rings. The molecule has 0 aromatic carbocycles. The van der Waals surface area contributed by atoms with E-state index in [9.17, 15) is 4.79 Å². The molecule has 3 unspecified atom stereocenters. The van der Waals surface area contributed by atoms with Crippen LogP contribution in [-0.2, 0) is 4.79 Å². The van der Waals surface area contributed by atoms with E-state index in [1.807, 2.05) is 0 Å². The van der Waals surface area contributed by atoms with Gasteiger partial charge in [-0.05, 0) is 50.0 Å². The van der Waals surface area contributed by atoms with Crippen LogP contribution in [0, 0.1) is 17.8 Å². The number of hydrogen-bond acceptors (Lipinski definition) is 2. The normalized spacial score (nSPS) is 33.5. The second-order valence-electron chi connectivity index (χ2n) is 5.35. The van der Waals surface area contributed by atoms with Crippen molar-refractivity contribution in [3.05, 3.63) is 0 Å². The molecule has 0 saturated heterocycles. The number of carbonyl (C=O) groups excluding carboxylic acids is 1. The second-order valence-corrected chi connectivity index (χ2v) is 5.35. The summed E-state index contributed by atoms with van der Waals surface area (Å²) in [5.74, 6) is 3.03. The predicted octanol–water partition coefficient (Wildman–Crippen LogP) is 2.38. The van der Waals surface area contributed by atoms with E-state index in [1.165, 1.54) is 25.7 Å². The van der Waals surface area contributed by atoms with Gasteiger partial charge in [-0.1, -0.05) is 13.3 Å². The van der Waals surface area contributed by atoms with Crippen LogP contribution in [0.15, 0.2) is 0 Å². The molecule has 1 N–H and O–H groups in total. The summed E-state index contributed by atoms with van der Waals surface area (Å²) in [4.78, 5) is 11.7. The van der Waals surface area contributed by atoms with Gasteiger partial charge in [0.15, 0.2) is 0 Å². The van der Waals surface area contributed by atoms with Gasteiger partial charge in [-0.3, -0.25) is 4.79 Å². The lowest BCUT2D eigenvalue weighted by atomic mass is 9.85. The Morgan fingerprint density at radius 1 is 1.33 bits per heavy atom. The number of fused-ring (bicyclic) bond motifs is 2. The van der Waals surface area contributed by atoms with Gasteiger partial charge in [0.05, 0.1) is 6.54 Å². The van der Waals surface area contributed by atoms with E-state index in [1.54, 1.807) is 0 Å². The first-order valence-electron chi connectivity index (χ1n) is 6.52. The second kappa shape index (κ2) is 5.11. The van der Waals surface area contributed by atoms with Gasteiger partial charge in [-0.2, -0.15) is 0 Å². The highest BCUT2D eigenvalue weighted by Crippen LogP contribution is 2.49. The highest BCUT2D eigenvalue weighted by molar-refractivity contribution is 5.80. The first-order valence-corrected chi connectivity index (χ1v) is 6.52. The van der Waals surface area contributed by atoms with Gasteiger partial charge in [0.1, 0.15) is 5.78 Å². The largest absolute Gasteiger partial charge is 0.310 e. The molecular weight excluding hydrogens is 186 g/mol. The summed E-state index contributed by atoms with van der Waals surface area (Å²) >= 11 is 0. The lowest BCUT2D eigenvalue weighted by molar-refractivity contribution is -0.119. The average Bonchev–Trinajstić information content (AvgIpc) is 2.79. The van der Waals surface area contributed by atoms with Gasteiger partial charge in [-0.25, -0.2) is 0 Å². The third kappa shape index (κ3) is 2.81. The Balaban J connectivity index is 1.66. The fraction of sp³-hybridized carbons (Fsp3) is 0.923. The van der Waals surface area contributed by atoms with Crippen LogP contribution in [0.1, 0.15) is 45.4 Å². The van der Waals surface area contributed by atoms with Crippen molar-refractivity contribution in [2.75, 3.05) is 13.1 Å². The smallest absolute Gasteiger partial charge is 0.146 e. The van der Waals surface area contributed by atoms with Gasteiger partial charge in [0.2, 0.25) is 0 Å². The number of carbonyl (C=O) groups is 1. The Morgan fingerprint density at radius 3 is 2.80 bits per heavy atom. The first kappa shape index (κ1) is 11.1. The van der Waals surface area contributed by atoms with E-state index in [4.69, 9.17) is 0 Å². The third-order valence-electron chi connectivity index (χ3n) is 4.12. The maximum Gasteiger partial charge on any atom is 0.146 e. The number of nitrogens with one attached hydrogen (secondary N) is 1.